The van der Waals surface area contributed by atoms with Crippen LogP contribution in [0.5, 0.6) is 0 Å². The van der Waals surface area contributed by atoms with E-state index in [2.05, 4.69) is 14.2 Å². The molecular weight excluding hydrogens is 470 g/mol. The molecule has 3 aromatic carbocycles. The van der Waals surface area contributed by atoms with E-state index in [-0.39, 0.29) is 25.8 Å². The number of hydrogen-bond donors (Lipinski definition) is 0. The van der Waals surface area contributed by atoms with Crippen LogP contribution < -0.4 is 5.30 Å². The Bertz CT molecular complexity index is 1390. The highest BCUT2D eigenvalue weighted by Crippen LogP contribution is 2.38. The molecule has 9 heteroatoms. The molecule has 0 N–H and O–H groups in total. The lowest BCUT2D eigenvalue weighted by Crippen LogP contribution is -2.08. The molecular formula is C21H12Cl2F2NO2PS. The summed E-state index contributed by atoms with van der Waals surface area (Å²) in [5.74, 6) is -1.41. The fourth-order valence-electron chi connectivity index (χ4n) is 3.15. The van der Waals surface area contributed by atoms with E-state index in [9.17, 15) is 17.2 Å². The maximum absolute atomic E-state index is 14.3. The smallest absolute Gasteiger partial charge is 0.208 e. The minimum absolute atomic E-state index is 0.134. The van der Waals surface area contributed by atoms with Gasteiger partial charge in [-0.15, -0.1) is 9.24 Å². The van der Waals surface area contributed by atoms with Crippen LogP contribution >= 0.6 is 32.4 Å². The van der Waals surface area contributed by atoms with Crippen molar-refractivity contribution in [3.8, 4) is 11.1 Å². The van der Waals surface area contributed by atoms with E-state index < -0.39 is 21.5 Å². The molecule has 1 unspecified atom stereocenters. The zero-order valence-electron chi connectivity index (χ0n) is 15.0. The van der Waals surface area contributed by atoms with E-state index in [1.54, 1.807) is 24.3 Å². The van der Waals surface area contributed by atoms with Gasteiger partial charge in [-0.3, -0.25) is 4.98 Å². The zero-order chi connectivity index (χ0) is 21.6. The Morgan fingerprint density at radius 1 is 0.933 bits per heavy atom. The Kier molecular flexibility index (Phi) is 5.54. The van der Waals surface area contributed by atoms with E-state index in [1.165, 1.54) is 24.4 Å². The fraction of sp³-hybridized carbons (Fsp3) is 0. The van der Waals surface area contributed by atoms with E-state index >= 15 is 0 Å². The summed E-state index contributed by atoms with van der Waals surface area (Å²) in [6.45, 7) is 0. The number of nitrogens with zero attached hydrogens (tertiary/aromatic N) is 1. The average molecular weight is 482 g/mol. The maximum Gasteiger partial charge on any atom is 0.208 e. The first kappa shape index (κ1) is 21.1. The molecule has 0 amide bonds. The summed E-state index contributed by atoms with van der Waals surface area (Å²) in [6, 6.07) is 12.3. The normalized spacial score (nSPS) is 11.8. The highest BCUT2D eigenvalue weighted by Gasteiger charge is 2.26. The van der Waals surface area contributed by atoms with E-state index in [1.807, 2.05) is 0 Å². The Labute approximate surface area is 183 Å². The molecule has 0 saturated carbocycles. The van der Waals surface area contributed by atoms with Crippen LogP contribution in [-0.2, 0) is 9.84 Å². The second kappa shape index (κ2) is 7.86. The fourth-order valence-corrected chi connectivity index (χ4v) is 5.40. The van der Waals surface area contributed by atoms with Crippen LogP contribution in [0.4, 0.5) is 8.78 Å². The van der Waals surface area contributed by atoms with Crippen molar-refractivity contribution in [1.29, 1.82) is 0 Å². The van der Waals surface area contributed by atoms with Gasteiger partial charge in [0, 0.05) is 22.2 Å². The number of pyridine rings is 1. The molecule has 0 aliphatic carbocycles. The van der Waals surface area contributed by atoms with Gasteiger partial charge in [-0.1, -0.05) is 35.3 Å². The van der Waals surface area contributed by atoms with Crippen molar-refractivity contribution in [1.82, 2.24) is 4.98 Å². The van der Waals surface area contributed by atoms with Crippen molar-refractivity contribution >= 4 is 58.5 Å². The van der Waals surface area contributed by atoms with Gasteiger partial charge in [-0.05, 0) is 53.3 Å². The summed E-state index contributed by atoms with van der Waals surface area (Å²) in [5.41, 5.74) is 1.02. The van der Waals surface area contributed by atoms with Gasteiger partial charge in [-0.25, -0.2) is 17.2 Å². The highest BCUT2D eigenvalue weighted by atomic mass is 35.5. The van der Waals surface area contributed by atoms with Crippen molar-refractivity contribution in [2.24, 2.45) is 0 Å². The van der Waals surface area contributed by atoms with Crippen molar-refractivity contribution < 1.29 is 17.2 Å². The number of fused-ring (bicyclic) bond motifs is 1. The third kappa shape index (κ3) is 3.81. The molecule has 0 aliphatic rings. The lowest BCUT2D eigenvalue weighted by Gasteiger charge is -2.15. The molecule has 3 nitrogen and oxygen atoms in total. The van der Waals surface area contributed by atoms with Crippen LogP contribution in [0.25, 0.3) is 22.0 Å². The van der Waals surface area contributed by atoms with Gasteiger partial charge in [0.2, 0.25) is 9.84 Å². The number of benzene rings is 3. The van der Waals surface area contributed by atoms with E-state index in [4.69, 9.17) is 23.2 Å². The average Bonchev–Trinajstić information content (AvgIpc) is 2.68. The number of halogens is 4. The van der Waals surface area contributed by atoms with Gasteiger partial charge in [0.25, 0.3) is 0 Å². The number of hydrogen-bond acceptors (Lipinski definition) is 3. The number of rotatable bonds is 3. The third-order valence-corrected chi connectivity index (χ3v) is 7.12. The Morgan fingerprint density at radius 2 is 1.63 bits per heavy atom. The summed E-state index contributed by atoms with van der Waals surface area (Å²) in [5, 5.41) is 0.940. The molecule has 4 rings (SSSR count). The first-order chi connectivity index (χ1) is 14.2. The van der Waals surface area contributed by atoms with E-state index in [0.717, 1.165) is 12.1 Å². The molecule has 30 heavy (non-hydrogen) atoms. The molecule has 4 aromatic rings. The molecule has 1 aromatic heterocycles. The largest absolute Gasteiger partial charge is 0.255 e. The zero-order valence-corrected chi connectivity index (χ0v) is 18.5. The Morgan fingerprint density at radius 3 is 2.30 bits per heavy atom. The van der Waals surface area contributed by atoms with Crippen molar-refractivity contribution in [2.75, 3.05) is 0 Å². The molecule has 1 atom stereocenters. The van der Waals surface area contributed by atoms with Gasteiger partial charge < -0.3 is 0 Å². The molecule has 0 radical (unpaired) electrons. The highest BCUT2D eigenvalue weighted by molar-refractivity contribution is 7.91. The van der Waals surface area contributed by atoms with Gasteiger partial charge in [0.05, 0.1) is 20.3 Å². The van der Waals surface area contributed by atoms with Gasteiger partial charge in [0.15, 0.2) is 0 Å². The molecule has 0 bridgehead atoms. The van der Waals surface area contributed by atoms with Crippen LogP contribution in [0.1, 0.15) is 0 Å². The Hall–Kier alpha value is -2.11. The predicted octanol–water partition coefficient (Wildman–Crippen LogP) is 5.82. The van der Waals surface area contributed by atoms with Crippen LogP contribution in [0.15, 0.2) is 70.6 Å². The van der Waals surface area contributed by atoms with Gasteiger partial charge >= 0.3 is 0 Å². The molecule has 0 fully saturated rings. The van der Waals surface area contributed by atoms with E-state index in [0.29, 0.717) is 21.4 Å². The lowest BCUT2D eigenvalue weighted by molar-refractivity contribution is 0.591. The van der Waals surface area contributed by atoms with Gasteiger partial charge in [0.1, 0.15) is 11.6 Å². The summed E-state index contributed by atoms with van der Waals surface area (Å²) >= 11 is 11.8. The first-order valence-corrected chi connectivity index (χ1v) is 11.3. The van der Waals surface area contributed by atoms with Crippen LogP contribution in [0, 0.1) is 11.6 Å². The quantitative estimate of drug-likeness (QED) is 0.346. The second-order valence-electron chi connectivity index (χ2n) is 6.51. The molecule has 0 saturated heterocycles. The minimum Gasteiger partial charge on any atom is -0.255 e. The molecule has 152 valence electrons. The molecule has 1 heterocycles. The second-order valence-corrected chi connectivity index (χ2v) is 9.94. The number of aromatic nitrogens is 1. The SMILES string of the molecule is O=S(=O)(c1cc(F)cc(P)c1)c1cnc2cc(Cl)c(F)cc2c1-c1ccc(Cl)cc1. The topological polar surface area (TPSA) is 47.0 Å². The first-order valence-electron chi connectivity index (χ1n) is 8.51. The van der Waals surface area contributed by atoms with Crippen LogP contribution in [0.3, 0.4) is 0 Å². The van der Waals surface area contributed by atoms with Crippen molar-refractivity contribution in [3.63, 3.8) is 0 Å². The summed E-state index contributed by atoms with van der Waals surface area (Å²) < 4.78 is 55.1. The third-order valence-electron chi connectivity index (χ3n) is 4.50. The number of sulfone groups is 1. The summed E-state index contributed by atoms with van der Waals surface area (Å²) in [4.78, 5) is 3.74. The molecule has 0 spiro atoms. The monoisotopic (exact) mass is 481 g/mol. The van der Waals surface area contributed by atoms with Crippen molar-refractivity contribution in [2.45, 2.75) is 9.79 Å². The maximum atomic E-state index is 14.3. The Balaban J connectivity index is 2.10. The van der Waals surface area contributed by atoms with Crippen LogP contribution in [0.2, 0.25) is 10.0 Å². The standard InChI is InChI=1S/C21H12Cl2F2NO2PS/c22-12-3-1-11(2-4-12)21-16-8-18(25)17(23)9-19(16)26-10-20(21)30(27,28)15-6-13(24)5-14(29)7-15/h1-10H,29H2. The predicted molar refractivity (Wildman–Crippen MR) is 118 cm³/mol. The molecule has 0 aliphatic heterocycles. The van der Waals surface area contributed by atoms with Crippen molar-refractivity contribution in [3.05, 3.63) is 82.5 Å². The minimum atomic E-state index is -4.19. The lowest BCUT2D eigenvalue weighted by atomic mass is 10.0. The summed E-state index contributed by atoms with van der Waals surface area (Å²) in [6.07, 6.45) is 1.17. The summed E-state index contributed by atoms with van der Waals surface area (Å²) in [7, 11) is -1.92. The van der Waals surface area contributed by atoms with Crippen LogP contribution in [-0.4, -0.2) is 13.4 Å². The van der Waals surface area contributed by atoms with Gasteiger partial charge in [-0.2, -0.15) is 0 Å².